The minimum Gasteiger partial charge on any atom is -0.406 e. The summed E-state index contributed by atoms with van der Waals surface area (Å²) in [7, 11) is 0. The van der Waals surface area contributed by atoms with Crippen LogP contribution >= 0.6 is 36.4 Å². The van der Waals surface area contributed by atoms with Crippen molar-refractivity contribution in [3.05, 3.63) is 83.0 Å². The lowest BCUT2D eigenvalue weighted by molar-refractivity contribution is -0.274. The van der Waals surface area contributed by atoms with Gasteiger partial charge in [-0.1, -0.05) is 29.8 Å². The first-order chi connectivity index (χ1) is 19.7. The number of benzene rings is 3. The summed E-state index contributed by atoms with van der Waals surface area (Å²) in [6.07, 6.45) is 0.158. The van der Waals surface area contributed by atoms with E-state index in [2.05, 4.69) is 43.9 Å². The smallest absolute Gasteiger partial charge is 0.406 e. The van der Waals surface area contributed by atoms with Gasteiger partial charge in [-0.15, -0.1) is 38.0 Å². The predicted octanol–water partition coefficient (Wildman–Crippen LogP) is 7.59. The Balaban J connectivity index is 0.00000253. The minimum absolute atomic E-state index is 0. The Kier molecular flexibility index (Phi) is 12.4. The standard InChI is InChI=1S/C31H35ClF3N5O.2ClH/c32-23-3-1-4-25(17-23)38-24-9-13-39(14-10-24)19-21-5-8-30-28(15-21)29(20-40(30)12-2-11-36)27-7-6-26(16-22(27)18-37)41-31(33,34)35;;/h1,3-8,15-17,20,24,38H,2,9-14,18-19,36-37H2;2*1H. The minimum atomic E-state index is -4.76. The molecular formula is C31H37Cl3F3N5O. The van der Waals surface area contributed by atoms with Crippen molar-refractivity contribution in [3.8, 4) is 16.9 Å². The van der Waals surface area contributed by atoms with Crippen molar-refractivity contribution in [1.82, 2.24) is 9.47 Å². The van der Waals surface area contributed by atoms with Gasteiger partial charge in [0.1, 0.15) is 5.75 Å². The summed E-state index contributed by atoms with van der Waals surface area (Å²) in [6, 6.07) is 19.1. The molecule has 0 radical (unpaired) electrons. The van der Waals surface area contributed by atoms with Crippen LogP contribution in [0.15, 0.2) is 66.9 Å². The van der Waals surface area contributed by atoms with Crippen molar-refractivity contribution < 1.29 is 17.9 Å². The van der Waals surface area contributed by atoms with Crippen LogP contribution in [0.2, 0.25) is 5.02 Å². The number of rotatable bonds is 10. The van der Waals surface area contributed by atoms with Crippen LogP contribution in [0, 0.1) is 0 Å². The molecule has 3 aromatic carbocycles. The number of fused-ring (bicyclic) bond motifs is 1. The maximum absolute atomic E-state index is 12.8. The highest BCUT2D eigenvalue weighted by Crippen LogP contribution is 2.36. The van der Waals surface area contributed by atoms with Crippen LogP contribution in [0.25, 0.3) is 22.0 Å². The van der Waals surface area contributed by atoms with E-state index in [1.54, 1.807) is 6.07 Å². The molecule has 234 valence electrons. The molecule has 1 aliphatic heterocycles. The lowest BCUT2D eigenvalue weighted by Gasteiger charge is -2.33. The second-order valence-corrected chi connectivity index (χ2v) is 10.9. The second kappa shape index (κ2) is 15.4. The largest absolute Gasteiger partial charge is 0.573 e. The zero-order valence-electron chi connectivity index (χ0n) is 23.6. The second-order valence-electron chi connectivity index (χ2n) is 10.5. The van der Waals surface area contributed by atoms with E-state index in [-0.39, 0.29) is 37.1 Å². The molecule has 5 N–H and O–H groups in total. The number of ether oxygens (including phenoxy) is 1. The lowest BCUT2D eigenvalue weighted by atomic mass is 9.97. The number of aromatic nitrogens is 1. The van der Waals surface area contributed by atoms with E-state index >= 15 is 0 Å². The maximum atomic E-state index is 12.8. The molecule has 0 saturated carbocycles. The fourth-order valence-electron chi connectivity index (χ4n) is 5.61. The van der Waals surface area contributed by atoms with Gasteiger partial charge in [0.2, 0.25) is 0 Å². The molecule has 43 heavy (non-hydrogen) atoms. The number of alkyl halides is 3. The molecule has 0 unspecified atom stereocenters. The van der Waals surface area contributed by atoms with Crippen LogP contribution in [0.3, 0.4) is 0 Å². The lowest BCUT2D eigenvalue weighted by Crippen LogP contribution is -2.38. The van der Waals surface area contributed by atoms with Gasteiger partial charge in [0.25, 0.3) is 0 Å². The van der Waals surface area contributed by atoms with Crippen molar-refractivity contribution >= 4 is 53.0 Å². The summed E-state index contributed by atoms with van der Waals surface area (Å²) in [5.41, 5.74) is 17.4. The van der Waals surface area contributed by atoms with Crippen molar-refractivity contribution in [1.29, 1.82) is 0 Å². The molecule has 1 aromatic heterocycles. The van der Waals surface area contributed by atoms with Gasteiger partial charge < -0.3 is 26.1 Å². The van der Waals surface area contributed by atoms with Gasteiger partial charge in [-0.2, -0.15) is 0 Å². The van der Waals surface area contributed by atoms with Gasteiger partial charge in [-0.25, -0.2) is 0 Å². The van der Waals surface area contributed by atoms with Crippen molar-refractivity contribution in [2.24, 2.45) is 11.5 Å². The molecule has 1 saturated heterocycles. The maximum Gasteiger partial charge on any atom is 0.573 e. The number of anilines is 1. The number of nitrogens with two attached hydrogens (primary N) is 2. The average molecular weight is 659 g/mol. The Bertz CT molecular complexity index is 1490. The molecule has 0 spiro atoms. The SMILES string of the molecule is Cl.Cl.NCCCn1cc(-c2ccc(OC(F)(F)F)cc2CN)c2cc(CN3CCC(Nc4cccc(Cl)c4)CC3)ccc21. The Morgan fingerprint density at radius 3 is 2.40 bits per heavy atom. The summed E-state index contributed by atoms with van der Waals surface area (Å²) in [6.45, 7) is 4.14. The third kappa shape index (κ3) is 8.94. The first-order valence-corrected chi connectivity index (χ1v) is 14.3. The van der Waals surface area contributed by atoms with E-state index in [0.717, 1.165) is 78.2 Å². The molecular weight excluding hydrogens is 622 g/mol. The molecule has 0 aliphatic carbocycles. The fraction of sp³-hybridized carbons (Fsp3) is 0.355. The fourth-order valence-corrected chi connectivity index (χ4v) is 5.80. The summed E-state index contributed by atoms with van der Waals surface area (Å²) >= 11 is 6.13. The van der Waals surface area contributed by atoms with Gasteiger partial charge in [0.15, 0.2) is 0 Å². The van der Waals surface area contributed by atoms with Gasteiger partial charge in [0, 0.05) is 72.1 Å². The summed E-state index contributed by atoms with van der Waals surface area (Å²) < 4.78 is 44.8. The van der Waals surface area contributed by atoms with E-state index < -0.39 is 6.36 Å². The molecule has 0 atom stereocenters. The number of hydrogen-bond donors (Lipinski definition) is 3. The van der Waals surface area contributed by atoms with Gasteiger partial charge in [0.05, 0.1) is 0 Å². The van der Waals surface area contributed by atoms with E-state index in [1.807, 2.05) is 24.3 Å². The molecule has 2 heterocycles. The Labute approximate surface area is 267 Å². The monoisotopic (exact) mass is 657 g/mol. The summed E-state index contributed by atoms with van der Waals surface area (Å²) in [5.74, 6) is -0.275. The van der Waals surface area contributed by atoms with Crippen LogP contribution in [-0.2, 0) is 19.6 Å². The first-order valence-electron chi connectivity index (χ1n) is 13.9. The number of nitrogens with zero attached hydrogens (tertiary/aromatic N) is 2. The quantitative estimate of drug-likeness (QED) is 0.164. The third-order valence-corrected chi connectivity index (χ3v) is 7.79. The van der Waals surface area contributed by atoms with E-state index in [0.29, 0.717) is 18.2 Å². The molecule has 4 aromatic rings. The number of hydrogen-bond acceptors (Lipinski definition) is 5. The van der Waals surface area contributed by atoms with Crippen molar-refractivity contribution in [2.45, 2.75) is 51.3 Å². The highest BCUT2D eigenvalue weighted by atomic mass is 35.5. The normalized spacial score (nSPS) is 14.3. The van der Waals surface area contributed by atoms with E-state index in [1.165, 1.54) is 17.7 Å². The summed E-state index contributed by atoms with van der Waals surface area (Å²) in [4.78, 5) is 2.46. The Morgan fingerprint density at radius 1 is 0.953 bits per heavy atom. The zero-order chi connectivity index (χ0) is 29.0. The predicted molar refractivity (Wildman–Crippen MR) is 173 cm³/mol. The van der Waals surface area contributed by atoms with Crippen LogP contribution in [0.1, 0.15) is 30.4 Å². The highest BCUT2D eigenvalue weighted by molar-refractivity contribution is 6.30. The van der Waals surface area contributed by atoms with Crippen LogP contribution < -0.4 is 21.5 Å². The van der Waals surface area contributed by atoms with Crippen molar-refractivity contribution in [3.63, 3.8) is 0 Å². The van der Waals surface area contributed by atoms with Gasteiger partial charge in [-0.3, -0.25) is 4.90 Å². The molecule has 0 amide bonds. The number of piperidine rings is 1. The molecule has 1 aliphatic rings. The highest BCUT2D eigenvalue weighted by Gasteiger charge is 2.31. The molecule has 5 rings (SSSR count). The Morgan fingerprint density at radius 2 is 1.72 bits per heavy atom. The van der Waals surface area contributed by atoms with E-state index in [4.69, 9.17) is 23.1 Å². The van der Waals surface area contributed by atoms with Crippen LogP contribution in [0.4, 0.5) is 18.9 Å². The topological polar surface area (TPSA) is 81.5 Å². The number of likely N-dealkylation sites (tertiary alicyclic amines) is 1. The zero-order valence-corrected chi connectivity index (χ0v) is 26.0. The van der Waals surface area contributed by atoms with Crippen molar-refractivity contribution in [2.75, 3.05) is 25.0 Å². The van der Waals surface area contributed by atoms with E-state index in [9.17, 15) is 13.2 Å². The van der Waals surface area contributed by atoms with Crippen LogP contribution in [-0.4, -0.2) is 41.5 Å². The number of halogens is 6. The third-order valence-electron chi connectivity index (χ3n) is 7.56. The first kappa shape index (κ1) is 34.8. The van der Waals surface area contributed by atoms with Gasteiger partial charge >= 0.3 is 6.36 Å². The van der Waals surface area contributed by atoms with Gasteiger partial charge in [-0.05, 0) is 85.0 Å². The average Bonchev–Trinajstić information content (AvgIpc) is 3.29. The van der Waals surface area contributed by atoms with Crippen LogP contribution in [0.5, 0.6) is 5.75 Å². The Hall–Kier alpha value is -2.66. The molecule has 12 heteroatoms. The molecule has 0 bridgehead atoms. The molecule has 1 fully saturated rings. The number of aryl methyl sites for hydroxylation is 1. The summed E-state index contributed by atoms with van der Waals surface area (Å²) in [5, 5.41) is 5.36. The molecule has 6 nitrogen and oxygen atoms in total. The number of nitrogens with one attached hydrogen (secondary N) is 1.